The Labute approximate surface area is 362 Å². The summed E-state index contributed by atoms with van der Waals surface area (Å²) in [7, 11) is -4.78. The van der Waals surface area contributed by atoms with Crippen LogP contribution in [0.15, 0.2) is 85.1 Å². The third kappa shape index (κ3) is 41.4. The number of carboxylic acids is 1. The maximum absolute atomic E-state index is 12.3. The van der Waals surface area contributed by atoms with Crippen LogP contribution in [0.3, 0.4) is 0 Å². The third-order valence-corrected chi connectivity index (χ3v) is 10.1. The van der Waals surface area contributed by atoms with Crippen LogP contribution in [0.25, 0.3) is 0 Å². The zero-order valence-electron chi connectivity index (χ0n) is 37.0. The van der Waals surface area contributed by atoms with Crippen LogP contribution in [0.2, 0.25) is 0 Å². The van der Waals surface area contributed by atoms with E-state index in [-0.39, 0.29) is 12.8 Å². The van der Waals surface area contributed by atoms with Gasteiger partial charge in [0.15, 0.2) is 6.04 Å². The van der Waals surface area contributed by atoms with Crippen molar-refractivity contribution >= 4 is 25.7 Å². The molecule has 3 atom stereocenters. The summed E-state index contributed by atoms with van der Waals surface area (Å²) in [5, 5.41) is 21.8. The van der Waals surface area contributed by atoms with E-state index in [1.165, 1.54) is 51.4 Å². The molecule has 3 unspecified atom stereocenters. The first kappa shape index (κ1) is 56.7. The van der Waals surface area contributed by atoms with Gasteiger partial charge in [0.1, 0.15) is 12.7 Å². The molecule has 0 aromatic rings. The van der Waals surface area contributed by atoms with Crippen LogP contribution >= 0.6 is 7.82 Å². The number of hydrogen-bond donors (Lipinski definition) is 4. The Bertz CT molecular complexity index is 1340. The summed E-state index contributed by atoms with van der Waals surface area (Å²) >= 11 is 0. The number of unbranched alkanes of at least 4 members (excludes halogenated alkanes) is 13. The van der Waals surface area contributed by atoms with E-state index >= 15 is 0 Å². The van der Waals surface area contributed by atoms with Crippen LogP contribution in [0, 0.1) is 0 Å². The van der Waals surface area contributed by atoms with E-state index in [1.807, 2.05) is 12.2 Å². The standard InChI is InChI=1S/C48H80NO10P/c1-3-5-7-9-11-13-15-17-19-21-22-24-25-27-29-31-33-35-37-39-46(51)49-45(48(53)54)43-59-60(55,56)58-42-44(50)41-57-47(52)40-38-36-34-32-30-28-26-23-20-18-16-14-12-10-8-6-4-2/h6,8,11-14,17-20,26,28,32,34,44-45,50H,3-5,7,9-10,15-16,21-25,27,29-31,33,35-43H2,1-2H3,(H,49,51)(H,53,54)(H,55,56)/b8-6-,13-11-,14-12-,19-17-,20-18-,28-26-,34-32-. The molecular weight excluding hydrogens is 781 g/mol. The minimum atomic E-state index is -4.78. The van der Waals surface area contributed by atoms with Crippen molar-refractivity contribution in [2.75, 3.05) is 19.8 Å². The molecule has 0 aliphatic heterocycles. The van der Waals surface area contributed by atoms with E-state index in [4.69, 9.17) is 13.8 Å². The van der Waals surface area contributed by atoms with Crippen LogP contribution in [-0.4, -0.2) is 64.9 Å². The van der Waals surface area contributed by atoms with E-state index in [0.717, 1.165) is 70.6 Å². The number of aliphatic hydroxyl groups is 1. The zero-order valence-corrected chi connectivity index (χ0v) is 37.9. The molecule has 12 heteroatoms. The number of hydrogen-bond acceptors (Lipinski definition) is 8. The lowest BCUT2D eigenvalue weighted by Gasteiger charge is -2.18. The highest BCUT2D eigenvalue weighted by molar-refractivity contribution is 7.47. The summed E-state index contributed by atoms with van der Waals surface area (Å²) in [5.74, 6) is -2.45. The third-order valence-electron chi connectivity index (χ3n) is 9.17. The number of carbonyl (C=O) groups excluding carboxylic acids is 2. The molecule has 0 heterocycles. The summed E-state index contributed by atoms with van der Waals surface area (Å²) in [6, 6.07) is -1.56. The van der Waals surface area contributed by atoms with Gasteiger partial charge in [-0.1, -0.05) is 157 Å². The molecule has 0 fully saturated rings. The minimum absolute atomic E-state index is 0.132. The monoisotopic (exact) mass is 862 g/mol. The molecular formula is C48H80NO10P. The molecule has 4 N–H and O–H groups in total. The highest BCUT2D eigenvalue weighted by Crippen LogP contribution is 2.43. The summed E-state index contributed by atoms with van der Waals surface area (Å²) < 4.78 is 26.8. The topological polar surface area (TPSA) is 169 Å². The van der Waals surface area contributed by atoms with E-state index in [1.54, 1.807) is 0 Å². The van der Waals surface area contributed by atoms with E-state index in [9.17, 15) is 34.1 Å². The fourth-order valence-electron chi connectivity index (χ4n) is 5.67. The summed E-state index contributed by atoms with van der Waals surface area (Å²) in [4.78, 5) is 46.0. The highest BCUT2D eigenvalue weighted by Gasteiger charge is 2.28. The second kappa shape index (κ2) is 42.4. The molecule has 342 valence electrons. The maximum atomic E-state index is 12.3. The average Bonchev–Trinajstić information content (AvgIpc) is 3.22. The number of nitrogens with one attached hydrogen (secondary N) is 1. The number of phosphoric ester groups is 1. The molecule has 1 amide bonds. The number of ether oxygens (including phenoxy) is 1. The lowest BCUT2D eigenvalue weighted by Crippen LogP contribution is -2.43. The Balaban J connectivity index is 3.98. The Hall–Kier alpha value is -3.34. The average molecular weight is 862 g/mol. The second-order valence-electron chi connectivity index (χ2n) is 14.9. The highest BCUT2D eigenvalue weighted by atomic mass is 31.2. The predicted octanol–water partition coefficient (Wildman–Crippen LogP) is 11.9. The van der Waals surface area contributed by atoms with Gasteiger partial charge in [0, 0.05) is 12.8 Å². The van der Waals surface area contributed by atoms with Gasteiger partial charge in [-0.15, -0.1) is 0 Å². The summed E-state index contributed by atoms with van der Waals surface area (Å²) in [5.41, 5.74) is 0. The van der Waals surface area contributed by atoms with Gasteiger partial charge in [-0.2, -0.15) is 0 Å². The second-order valence-corrected chi connectivity index (χ2v) is 16.3. The largest absolute Gasteiger partial charge is 0.480 e. The predicted molar refractivity (Wildman–Crippen MR) is 244 cm³/mol. The van der Waals surface area contributed by atoms with Gasteiger partial charge >= 0.3 is 19.8 Å². The molecule has 0 aromatic heterocycles. The normalized spacial score (nSPS) is 14.5. The molecule has 0 spiro atoms. The fourth-order valence-corrected chi connectivity index (χ4v) is 6.45. The molecule has 0 radical (unpaired) electrons. The van der Waals surface area contributed by atoms with E-state index in [2.05, 4.69) is 92.1 Å². The number of carbonyl (C=O) groups is 3. The van der Waals surface area contributed by atoms with Gasteiger partial charge in [-0.25, -0.2) is 9.36 Å². The number of carboxylic acid groups (broad SMARTS) is 1. The quantitative estimate of drug-likeness (QED) is 0.0201. The van der Waals surface area contributed by atoms with Crippen molar-refractivity contribution in [1.82, 2.24) is 5.32 Å². The molecule has 0 aliphatic carbocycles. The number of aliphatic hydroxyl groups excluding tert-OH is 1. The molecule has 60 heavy (non-hydrogen) atoms. The first-order chi connectivity index (χ1) is 29.1. The SMILES string of the molecule is CC/C=C\C/C=C\C/C=C\C/C=C\C/C=C\CCCC(=O)OCC(O)COP(=O)(O)OCC(NC(=O)CCCCCCCCCCC/C=C\C/C=C\CCCCC)C(=O)O. The minimum Gasteiger partial charge on any atom is -0.480 e. The Morgan fingerprint density at radius 2 is 0.983 bits per heavy atom. The first-order valence-electron chi connectivity index (χ1n) is 22.6. The van der Waals surface area contributed by atoms with Gasteiger partial charge in [-0.05, 0) is 83.5 Å². The van der Waals surface area contributed by atoms with Gasteiger partial charge in [0.2, 0.25) is 5.91 Å². The molecule has 0 saturated carbocycles. The number of aliphatic carboxylic acids is 1. The molecule has 0 rings (SSSR count). The first-order valence-corrected chi connectivity index (χ1v) is 24.1. The van der Waals surface area contributed by atoms with Crippen LogP contribution in [0.5, 0.6) is 0 Å². The Morgan fingerprint density at radius 3 is 1.48 bits per heavy atom. The lowest BCUT2D eigenvalue weighted by molar-refractivity contribution is -0.147. The van der Waals surface area contributed by atoms with Crippen molar-refractivity contribution < 1.29 is 47.8 Å². The zero-order chi connectivity index (χ0) is 44.2. The number of allylic oxidation sites excluding steroid dienone is 14. The number of phosphoric acid groups is 1. The fraction of sp³-hybridized carbons (Fsp3) is 0.646. The number of rotatable bonds is 41. The number of esters is 1. The molecule has 0 bridgehead atoms. The smallest absolute Gasteiger partial charge is 0.472 e. The van der Waals surface area contributed by atoms with Gasteiger partial charge in [0.05, 0.1) is 13.2 Å². The van der Waals surface area contributed by atoms with Gasteiger partial charge < -0.3 is 25.2 Å². The van der Waals surface area contributed by atoms with Crippen LogP contribution in [0.1, 0.15) is 168 Å². The lowest BCUT2D eigenvalue weighted by atomic mass is 10.1. The number of amides is 1. The van der Waals surface area contributed by atoms with Crippen LogP contribution in [0.4, 0.5) is 0 Å². The van der Waals surface area contributed by atoms with Crippen LogP contribution < -0.4 is 5.32 Å². The summed E-state index contributed by atoms with van der Waals surface area (Å²) in [6.07, 6.45) is 51.8. The molecule has 0 saturated heterocycles. The van der Waals surface area contributed by atoms with Crippen molar-refractivity contribution in [2.24, 2.45) is 0 Å². The Kier molecular flexibility index (Phi) is 40.0. The molecule has 0 aliphatic rings. The Morgan fingerprint density at radius 1 is 0.550 bits per heavy atom. The molecule has 11 nitrogen and oxygen atoms in total. The maximum Gasteiger partial charge on any atom is 0.472 e. The van der Waals surface area contributed by atoms with Crippen molar-refractivity contribution in [3.05, 3.63) is 85.1 Å². The van der Waals surface area contributed by atoms with Crippen LogP contribution in [-0.2, 0) is 32.7 Å². The molecule has 0 aromatic carbocycles. The van der Waals surface area contributed by atoms with Crippen molar-refractivity contribution in [3.63, 3.8) is 0 Å². The van der Waals surface area contributed by atoms with E-state index < -0.39 is 57.6 Å². The summed E-state index contributed by atoms with van der Waals surface area (Å²) in [6.45, 7) is 2.39. The van der Waals surface area contributed by atoms with Crippen molar-refractivity contribution in [1.29, 1.82) is 0 Å². The van der Waals surface area contributed by atoms with E-state index in [0.29, 0.717) is 19.3 Å². The van der Waals surface area contributed by atoms with Crippen molar-refractivity contribution in [2.45, 2.75) is 180 Å². The van der Waals surface area contributed by atoms with Gasteiger partial charge in [-0.3, -0.25) is 18.6 Å². The van der Waals surface area contributed by atoms with Gasteiger partial charge in [0.25, 0.3) is 0 Å². The van der Waals surface area contributed by atoms with Crippen molar-refractivity contribution in [3.8, 4) is 0 Å².